The second-order valence-electron chi connectivity index (χ2n) is 7.22. The van der Waals surface area contributed by atoms with E-state index in [0.717, 1.165) is 22.2 Å². The van der Waals surface area contributed by atoms with Crippen LogP contribution in [0.5, 0.6) is 11.6 Å². The first-order chi connectivity index (χ1) is 10.8. The van der Waals surface area contributed by atoms with Gasteiger partial charge in [-0.3, -0.25) is 0 Å². The number of rotatable bonds is 5. The van der Waals surface area contributed by atoms with Crippen LogP contribution in [0.15, 0.2) is 35.6 Å². The lowest BCUT2D eigenvalue weighted by Crippen LogP contribution is -2.10. The maximum absolute atomic E-state index is 5.96. The molecular weight excluding hydrogens is 304 g/mol. The highest BCUT2D eigenvalue weighted by Crippen LogP contribution is 2.28. The minimum atomic E-state index is 0.143. The molecule has 0 amide bonds. The van der Waals surface area contributed by atoms with Gasteiger partial charge in [0, 0.05) is 17.5 Å². The Morgan fingerprint density at radius 1 is 1.13 bits per heavy atom. The molecule has 2 rings (SSSR count). The molecule has 1 aromatic carbocycles. The third-order valence-corrected chi connectivity index (χ3v) is 4.67. The lowest BCUT2D eigenvalue weighted by atomic mass is 9.87. The van der Waals surface area contributed by atoms with E-state index in [0.29, 0.717) is 11.8 Å². The number of aryl methyl sites for hydroxylation is 1. The molecule has 0 bridgehead atoms. The number of hydrogen-bond acceptors (Lipinski definition) is 4. The van der Waals surface area contributed by atoms with E-state index >= 15 is 0 Å². The summed E-state index contributed by atoms with van der Waals surface area (Å²) in [7, 11) is 0. The zero-order chi connectivity index (χ0) is 17.0. The lowest BCUT2D eigenvalue weighted by Gasteiger charge is -2.19. The summed E-state index contributed by atoms with van der Waals surface area (Å²) in [6.07, 6.45) is 1.83. The number of benzene rings is 1. The summed E-state index contributed by atoms with van der Waals surface area (Å²) in [4.78, 5) is 8.91. The Hall–Kier alpha value is -1.55. The average Bonchev–Trinajstić information content (AvgIpc) is 2.47. The topological polar surface area (TPSA) is 35.0 Å². The van der Waals surface area contributed by atoms with Crippen molar-refractivity contribution in [2.24, 2.45) is 5.92 Å². The van der Waals surface area contributed by atoms with Crippen LogP contribution in [0.25, 0.3) is 0 Å². The van der Waals surface area contributed by atoms with Gasteiger partial charge in [-0.15, -0.1) is 0 Å². The third-order valence-electron chi connectivity index (χ3n) is 3.38. The molecule has 3 nitrogen and oxygen atoms in total. The Bertz CT molecular complexity index is 645. The quantitative estimate of drug-likeness (QED) is 0.526. The van der Waals surface area contributed by atoms with Crippen molar-refractivity contribution in [3.8, 4) is 11.6 Å². The molecule has 0 fully saturated rings. The normalized spacial score (nSPS) is 11.8. The summed E-state index contributed by atoms with van der Waals surface area (Å²) in [6.45, 7) is 13.0. The first-order valence-electron chi connectivity index (χ1n) is 8.00. The van der Waals surface area contributed by atoms with E-state index in [9.17, 15) is 0 Å². The molecule has 0 saturated heterocycles. The molecule has 0 radical (unpaired) electrons. The molecule has 1 heterocycles. The number of nitrogens with zero attached hydrogens (tertiary/aromatic N) is 2. The molecule has 0 aliphatic carbocycles. The maximum atomic E-state index is 5.96. The van der Waals surface area contributed by atoms with E-state index in [1.165, 1.54) is 5.56 Å². The van der Waals surface area contributed by atoms with Crippen LogP contribution in [-0.2, 0) is 5.41 Å². The van der Waals surface area contributed by atoms with Gasteiger partial charge in [0.1, 0.15) is 5.75 Å². The van der Waals surface area contributed by atoms with Crippen molar-refractivity contribution in [2.75, 3.05) is 5.75 Å². The summed E-state index contributed by atoms with van der Waals surface area (Å²) in [6, 6.07) is 8.23. The summed E-state index contributed by atoms with van der Waals surface area (Å²) < 4.78 is 5.96. The van der Waals surface area contributed by atoms with Crippen molar-refractivity contribution >= 4 is 11.8 Å². The zero-order valence-corrected chi connectivity index (χ0v) is 15.7. The van der Waals surface area contributed by atoms with Gasteiger partial charge >= 0.3 is 0 Å². The predicted molar refractivity (Wildman–Crippen MR) is 97.5 cm³/mol. The first kappa shape index (κ1) is 17.8. The number of aromatic nitrogens is 2. The number of ether oxygens (including phenoxy) is 1. The fourth-order valence-corrected chi connectivity index (χ4v) is 2.72. The van der Waals surface area contributed by atoms with E-state index in [2.05, 4.69) is 56.7 Å². The van der Waals surface area contributed by atoms with Crippen molar-refractivity contribution < 1.29 is 4.74 Å². The molecule has 124 valence electrons. The molecule has 1 aromatic heterocycles. The first-order valence-corrected chi connectivity index (χ1v) is 8.99. The van der Waals surface area contributed by atoms with Crippen LogP contribution in [0, 0.1) is 12.8 Å². The molecule has 0 atom stereocenters. The smallest absolute Gasteiger partial charge is 0.226 e. The summed E-state index contributed by atoms with van der Waals surface area (Å²) in [5, 5.41) is 0.769. The molecule has 0 spiro atoms. The van der Waals surface area contributed by atoms with Crippen LogP contribution in [0.4, 0.5) is 0 Å². The highest BCUT2D eigenvalue weighted by atomic mass is 32.2. The highest BCUT2D eigenvalue weighted by Gasteiger charge is 2.14. The standard InChI is InChI=1S/C19H26N2OS/c1-13(2)12-23-18-20-11-14(3)17(21-18)22-16-9-7-15(8-10-16)19(4,5)6/h7-11,13H,12H2,1-6H3. The van der Waals surface area contributed by atoms with Gasteiger partial charge in [0.15, 0.2) is 5.16 Å². The Morgan fingerprint density at radius 2 is 1.78 bits per heavy atom. The van der Waals surface area contributed by atoms with E-state index in [1.807, 2.05) is 25.3 Å². The van der Waals surface area contributed by atoms with Crippen LogP contribution in [-0.4, -0.2) is 15.7 Å². The molecule has 23 heavy (non-hydrogen) atoms. The van der Waals surface area contributed by atoms with Gasteiger partial charge in [-0.1, -0.05) is 58.5 Å². The second kappa shape index (κ2) is 7.35. The van der Waals surface area contributed by atoms with Crippen LogP contribution in [0.3, 0.4) is 0 Å². The molecule has 0 aliphatic heterocycles. The molecule has 0 aliphatic rings. The van der Waals surface area contributed by atoms with Gasteiger partial charge < -0.3 is 4.74 Å². The Balaban J connectivity index is 2.14. The average molecular weight is 330 g/mol. The van der Waals surface area contributed by atoms with Crippen LogP contribution in [0.1, 0.15) is 45.7 Å². The van der Waals surface area contributed by atoms with E-state index < -0.39 is 0 Å². The zero-order valence-electron chi connectivity index (χ0n) is 14.9. The Morgan fingerprint density at radius 3 is 2.35 bits per heavy atom. The fraction of sp³-hybridized carbons (Fsp3) is 0.474. The van der Waals surface area contributed by atoms with E-state index in [1.54, 1.807) is 11.8 Å². The molecule has 0 unspecified atom stereocenters. The van der Waals surface area contributed by atoms with Gasteiger partial charge in [0.25, 0.3) is 0 Å². The predicted octanol–water partition coefficient (Wildman–Crippen LogP) is 5.62. The molecule has 4 heteroatoms. The van der Waals surface area contributed by atoms with Crippen molar-refractivity contribution in [3.05, 3.63) is 41.6 Å². The van der Waals surface area contributed by atoms with E-state index in [-0.39, 0.29) is 5.41 Å². The highest BCUT2D eigenvalue weighted by molar-refractivity contribution is 7.99. The Labute approximate surface area is 143 Å². The second-order valence-corrected chi connectivity index (χ2v) is 8.21. The monoisotopic (exact) mass is 330 g/mol. The van der Waals surface area contributed by atoms with Gasteiger partial charge in [-0.05, 0) is 36.0 Å². The van der Waals surface area contributed by atoms with Crippen molar-refractivity contribution in [1.82, 2.24) is 9.97 Å². The fourth-order valence-electron chi connectivity index (χ4n) is 1.96. The minimum absolute atomic E-state index is 0.143. The molecule has 0 N–H and O–H groups in total. The number of thioether (sulfide) groups is 1. The lowest BCUT2D eigenvalue weighted by molar-refractivity contribution is 0.450. The largest absolute Gasteiger partial charge is 0.439 e. The van der Waals surface area contributed by atoms with Gasteiger partial charge in [-0.25, -0.2) is 4.98 Å². The van der Waals surface area contributed by atoms with Crippen molar-refractivity contribution in [3.63, 3.8) is 0 Å². The van der Waals surface area contributed by atoms with Gasteiger partial charge in [-0.2, -0.15) is 4.98 Å². The SMILES string of the molecule is Cc1cnc(SCC(C)C)nc1Oc1ccc(C(C)(C)C)cc1. The molecule has 2 aromatic rings. The summed E-state index contributed by atoms with van der Waals surface area (Å²) >= 11 is 1.67. The van der Waals surface area contributed by atoms with Crippen LogP contribution >= 0.6 is 11.8 Å². The Kier molecular flexibility index (Phi) is 5.69. The van der Waals surface area contributed by atoms with Crippen LogP contribution < -0.4 is 4.74 Å². The van der Waals surface area contributed by atoms with E-state index in [4.69, 9.17) is 4.74 Å². The van der Waals surface area contributed by atoms with Crippen molar-refractivity contribution in [1.29, 1.82) is 0 Å². The minimum Gasteiger partial charge on any atom is -0.439 e. The molecule has 0 saturated carbocycles. The van der Waals surface area contributed by atoms with Gasteiger partial charge in [0.2, 0.25) is 5.88 Å². The maximum Gasteiger partial charge on any atom is 0.226 e. The summed E-state index contributed by atoms with van der Waals surface area (Å²) in [5.74, 6) is 3.05. The third kappa shape index (κ3) is 5.24. The summed E-state index contributed by atoms with van der Waals surface area (Å²) in [5.41, 5.74) is 2.38. The van der Waals surface area contributed by atoms with Crippen LogP contribution in [0.2, 0.25) is 0 Å². The molecular formula is C19H26N2OS. The number of hydrogen-bond donors (Lipinski definition) is 0. The van der Waals surface area contributed by atoms with Gasteiger partial charge in [0.05, 0.1) is 0 Å². The van der Waals surface area contributed by atoms with Crippen molar-refractivity contribution in [2.45, 2.75) is 52.1 Å².